The fourth-order valence-electron chi connectivity index (χ4n) is 2.55. The van der Waals surface area contributed by atoms with Crippen molar-refractivity contribution in [2.75, 3.05) is 37.0 Å². The molecule has 0 radical (unpaired) electrons. The molecule has 1 unspecified atom stereocenters. The van der Waals surface area contributed by atoms with Crippen molar-refractivity contribution in [1.82, 2.24) is 10.3 Å². The van der Waals surface area contributed by atoms with Gasteiger partial charge in [-0.2, -0.15) is 0 Å². The summed E-state index contributed by atoms with van der Waals surface area (Å²) >= 11 is 0. The first-order chi connectivity index (χ1) is 10.9. The van der Waals surface area contributed by atoms with Gasteiger partial charge in [0.15, 0.2) is 5.79 Å². The van der Waals surface area contributed by atoms with E-state index in [0.717, 1.165) is 0 Å². The molecule has 1 aromatic rings. The van der Waals surface area contributed by atoms with Crippen LogP contribution in [0.3, 0.4) is 0 Å². The number of aromatic nitrogens is 1. The second kappa shape index (κ2) is 5.78. The molecule has 3 rings (SSSR count). The second-order valence-electron chi connectivity index (χ2n) is 6.06. The van der Waals surface area contributed by atoms with Gasteiger partial charge in [0, 0.05) is 19.8 Å². The maximum atomic E-state index is 12.3. The average Bonchev–Trinajstić information content (AvgIpc) is 2.87. The normalized spacial score (nSPS) is 22.5. The first-order valence-electron chi connectivity index (χ1n) is 7.46. The molecule has 124 valence electrons. The zero-order valence-corrected chi connectivity index (χ0v) is 13.4. The number of nitrogens with zero attached hydrogens (tertiary/aromatic N) is 2. The van der Waals surface area contributed by atoms with Crippen molar-refractivity contribution in [3.05, 3.63) is 17.8 Å². The Morgan fingerprint density at radius 1 is 1.57 bits per heavy atom. The Morgan fingerprint density at radius 3 is 3.04 bits per heavy atom. The van der Waals surface area contributed by atoms with Gasteiger partial charge in [-0.25, -0.2) is 4.98 Å². The summed E-state index contributed by atoms with van der Waals surface area (Å²) in [6.07, 6.45) is 1.31. The molecule has 2 N–H and O–H groups in total. The smallest absolute Gasteiger partial charge is 0.253 e. The Morgan fingerprint density at radius 2 is 2.35 bits per heavy atom. The van der Waals surface area contributed by atoms with Crippen LogP contribution in [-0.4, -0.2) is 55.4 Å². The SMILES string of the molecule is CN1C(=O)CNc2ncc(C(=O)NCC3COC(C)(C)O3)cc21. The molecular formula is C15H20N4O4. The minimum Gasteiger partial charge on any atom is -0.359 e. The lowest BCUT2D eigenvalue weighted by atomic mass is 10.2. The highest BCUT2D eigenvalue weighted by molar-refractivity contribution is 6.03. The minimum absolute atomic E-state index is 0.0735. The first-order valence-corrected chi connectivity index (χ1v) is 7.46. The third-order valence-electron chi connectivity index (χ3n) is 3.83. The van der Waals surface area contributed by atoms with Gasteiger partial charge < -0.3 is 25.0 Å². The molecule has 0 spiro atoms. The van der Waals surface area contributed by atoms with Crippen LogP contribution in [0, 0.1) is 0 Å². The molecule has 1 fully saturated rings. The number of nitrogens with one attached hydrogen (secondary N) is 2. The Hall–Kier alpha value is -2.19. The van der Waals surface area contributed by atoms with Crippen LogP contribution in [0.15, 0.2) is 12.3 Å². The van der Waals surface area contributed by atoms with Gasteiger partial charge in [0.05, 0.1) is 24.4 Å². The summed E-state index contributed by atoms with van der Waals surface area (Å²) in [7, 11) is 1.66. The summed E-state index contributed by atoms with van der Waals surface area (Å²) in [4.78, 5) is 29.7. The zero-order chi connectivity index (χ0) is 16.6. The highest BCUT2D eigenvalue weighted by Gasteiger charge is 2.32. The molecule has 1 aromatic heterocycles. The van der Waals surface area contributed by atoms with E-state index in [1.165, 1.54) is 11.1 Å². The topological polar surface area (TPSA) is 92.8 Å². The summed E-state index contributed by atoms with van der Waals surface area (Å²) < 4.78 is 11.1. The summed E-state index contributed by atoms with van der Waals surface area (Å²) in [5, 5.41) is 5.73. The predicted octanol–water partition coefficient (Wildman–Crippen LogP) is 0.351. The number of carbonyl (C=O) groups excluding carboxylic acids is 2. The highest BCUT2D eigenvalue weighted by atomic mass is 16.7. The van der Waals surface area contributed by atoms with Crippen molar-refractivity contribution >= 4 is 23.3 Å². The number of amides is 2. The number of pyridine rings is 1. The van der Waals surface area contributed by atoms with Crippen LogP contribution in [0.5, 0.6) is 0 Å². The lowest BCUT2D eigenvalue weighted by molar-refractivity contribution is -0.137. The number of hydrogen-bond acceptors (Lipinski definition) is 6. The van der Waals surface area contributed by atoms with Gasteiger partial charge in [-0.1, -0.05) is 0 Å². The first kappa shape index (κ1) is 15.7. The standard InChI is InChI=1S/C15H20N4O4/c1-15(2)22-8-10(23-15)6-18-14(21)9-4-11-13(16-5-9)17-7-12(20)19(11)3/h4-5,10H,6-8H2,1-3H3,(H,16,17)(H,18,21). The number of rotatable bonds is 3. The summed E-state index contributed by atoms with van der Waals surface area (Å²) in [5.41, 5.74) is 0.987. The molecule has 2 aliphatic heterocycles. The van der Waals surface area contributed by atoms with Gasteiger partial charge >= 0.3 is 0 Å². The number of likely N-dealkylation sites (N-methyl/N-ethyl adjacent to an activating group) is 1. The number of hydrogen-bond donors (Lipinski definition) is 2. The Kier molecular flexibility index (Phi) is 3.95. The van der Waals surface area contributed by atoms with Crippen LogP contribution in [0.4, 0.5) is 11.5 Å². The van der Waals surface area contributed by atoms with Crippen LogP contribution in [0.25, 0.3) is 0 Å². The van der Waals surface area contributed by atoms with Gasteiger partial charge in [0.1, 0.15) is 11.9 Å². The quantitative estimate of drug-likeness (QED) is 0.835. The van der Waals surface area contributed by atoms with Crippen molar-refractivity contribution in [2.45, 2.75) is 25.7 Å². The fraction of sp³-hybridized carbons (Fsp3) is 0.533. The molecule has 2 aliphatic rings. The molecule has 0 bridgehead atoms. The Labute approximate surface area is 134 Å². The molecule has 0 aromatic carbocycles. The van der Waals surface area contributed by atoms with E-state index in [9.17, 15) is 9.59 Å². The second-order valence-corrected chi connectivity index (χ2v) is 6.06. The van der Waals surface area contributed by atoms with Crippen LogP contribution in [-0.2, 0) is 14.3 Å². The van der Waals surface area contributed by atoms with Crippen LogP contribution < -0.4 is 15.5 Å². The lowest BCUT2D eigenvalue weighted by Crippen LogP contribution is -2.38. The van der Waals surface area contributed by atoms with Crippen molar-refractivity contribution in [1.29, 1.82) is 0 Å². The zero-order valence-electron chi connectivity index (χ0n) is 13.4. The molecule has 0 aliphatic carbocycles. The van der Waals surface area contributed by atoms with Crippen molar-refractivity contribution in [3.8, 4) is 0 Å². The lowest BCUT2D eigenvalue weighted by Gasteiger charge is -2.26. The van der Waals surface area contributed by atoms with Crippen LogP contribution in [0.1, 0.15) is 24.2 Å². The Balaban J connectivity index is 1.65. The van der Waals surface area contributed by atoms with E-state index in [1.807, 2.05) is 13.8 Å². The van der Waals surface area contributed by atoms with Crippen molar-refractivity contribution in [3.63, 3.8) is 0 Å². The third-order valence-corrected chi connectivity index (χ3v) is 3.83. The predicted molar refractivity (Wildman–Crippen MR) is 83.4 cm³/mol. The third kappa shape index (κ3) is 3.27. The maximum absolute atomic E-state index is 12.3. The summed E-state index contributed by atoms with van der Waals surface area (Å²) in [6.45, 7) is 4.67. The molecule has 23 heavy (non-hydrogen) atoms. The van der Waals surface area contributed by atoms with Gasteiger partial charge in [-0.15, -0.1) is 0 Å². The van der Waals surface area contributed by atoms with E-state index >= 15 is 0 Å². The average molecular weight is 320 g/mol. The maximum Gasteiger partial charge on any atom is 0.253 e. The van der Waals surface area contributed by atoms with Gasteiger partial charge in [0.25, 0.3) is 5.91 Å². The molecule has 2 amide bonds. The van der Waals surface area contributed by atoms with E-state index in [0.29, 0.717) is 30.2 Å². The van der Waals surface area contributed by atoms with E-state index in [2.05, 4.69) is 15.6 Å². The highest BCUT2D eigenvalue weighted by Crippen LogP contribution is 2.27. The Bertz CT molecular complexity index is 646. The van der Waals surface area contributed by atoms with E-state index in [-0.39, 0.29) is 24.5 Å². The summed E-state index contributed by atoms with van der Waals surface area (Å²) in [5.74, 6) is -0.356. The van der Waals surface area contributed by atoms with E-state index in [1.54, 1.807) is 13.1 Å². The summed E-state index contributed by atoms with van der Waals surface area (Å²) in [6, 6.07) is 1.65. The molecule has 0 saturated carbocycles. The van der Waals surface area contributed by atoms with Gasteiger partial charge in [0.2, 0.25) is 5.91 Å². The fourth-order valence-corrected chi connectivity index (χ4v) is 2.55. The van der Waals surface area contributed by atoms with Crippen LogP contribution in [0.2, 0.25) is 0 Å². The van der Waals surface area contributed by atoms with E-state index < -0.39 is 5.79 Å². The molecular weight excluding hydrogens is 300 g/mol. The number of carbonyl (C=O) groups is 2. The molecule has 8 nitrogen and oxygen atoms in total. The molecule has 8 heteroatoms. The molecule has 1 atom stereocenters. The van der Waals surface area contributed by atoms with Gasteiger partial charge in [-0.3, -0.25) is 9.59 Å². The number of ether oxygens (including phenoxy) is 2. The largest absolute Gasteiger partial charge is 0.359 e. The van der Waals surface area contributed by atoms with E-state index in [4.69, 9.17) is 9.47 Å². The van der Waals surface area contributed by atoms with Gasteiger partial charge in [-0.05, 0) is 19.9 Å². The molecule has 3 heterocycles. The monoisotopic (exact) mass is 320 g/mol. The molecule has 1 saturated heterocycles. The van der Waals surface area contributed by atoms with Crippen molar-refractivity contribution < 1.29 is 19.1 Å². The van der Waals surface area contributed by atoms with Crippen molar-refractivity contribution in [2.24, 2.45) is 0 Å². The number of fused-ring (bicyclic) bond motifs is 1. The minimum atomic E-state index is -0.614. The number of anilines is 2. The van der Waals surface area contributed by atoms with Crippen LogP contribution >= 0.6 is 0 Å².